The molecule has 0 bridgehead atoms. The van der Waals surface area contributed by atoms with Crippen molar-refractivity contribution in [1.29, 1.82) is 0 Å². The Morgan fingerprint density at radius 3 is 2.68 bits per heavy atom. The lowest BCUT2D eigenvalue weighted by molar-refractivity contribution is 0.239. The number of aliphatic imine (C=N–C) groups is 1. The summed E-state index contributed by atoms with van der Waals surface area (Å²) in [5.41, 5.74) is 12.6. The minimum Gasteiger partial charge on any atom is -0.399 e. The summed E-state index contributed by atoms with van der Waals surface area (Å²) < 4.78 is 13.2. The molecule has 0 amide bonds. The number of anilines is 2. The van der Waals surface area contributed by atoms with E-state index in [0.29, 0.717) is 29.9 Å². The number of halogens is 1. The van der Waals surface area contributed by atoms with Crippen LogP contribution in [-0.4, -0.2) is 39.0 Å². The molecule has 0 spiro atoms. The number of nitrogen functional groups attached to an aromatic ring is 1. The summed E-state index contributed by atoms with van der Waals surface area (Å²) in [5, 5.41) is 0.531. The predicted octanol–water partition coefficient (Wildman–Crippen LogP) is 1.38. The molecular formula is C16H18FN7S. The van der Waals surface area contributed by atoms with Crippen molar-refractivity contribution >= 4 is 28.6 Å². The molecule has 2 aliphatic rings. The molecule has 4 rings (SSSR count). The number of pyridine rings is 1. The van der Waals surface area contributed by atoms with Crippen LogP contribution in [0.2, 0.25) is 0 Å². The molecule has 2 aromatic rings. The van der Waals surface area contributed by atoms with Crippen LogP contribution in [0.3, 0.4) is 0 Å². The van der Waals surface area contributed by atoms with Gasteiger partial charge in [-0.2, -0.15) is 0 Å². The Balaban J connectivity index is 1.82. The zero-order valence-electron chi connectivity index (χ0n) is 13.7. The molecule has 0 aromatic carbocycles. The number of aromatic nitrogens is 3. The lowest BCUT2D eigenvalue weighted by atomic mass is 9.72. The Kier molecular flexibility index (Phi) is 3.57. The molecule has 2 aromatic heterocycles. The summed E-state index contributed by atoms with van der Waals surface area (Å²) in [5.74, 6) is 0.798. The third-order valence-electron chi connectivity index (χ3n) is 4.89. The molecule has 4 N–H and O–H groups in total. The fourth-order valence-corrected chi connectivity index (χ4v) is 4.61. The van der Waals surface area contributed by atoms with Crippen molar-refractivity contribution in [2.24, 2.45) is 16.1 Å². The van der Waals surface area contributed by atoms with Gasteiger partial charge in [0.15, 0.2) is 11.0 Å². The Hall–Kier alpha value is -2.42. The zero-order chi connectivity index (χ0) is 17.7. The van der Waals surface area contributed by atoms with E-state index >= 15 is 0 Å². The molecule has 0 saturated carbocycles. The zero-order valence-corrected chi connectivity index (χ0v) is 14.5. The van der Waals surface area contributed by atoms with E-state index in [-0.39, 0.29) is 5.41 Å². The van der Waals surface area contributed by atoms with E-state index in [2.05, 4.69) is 21.9 Å². The van der Waals surface area contributed by atoms with Crippen molar-refractivity contribution in [3.8, 4) is 0 Å². The summed E-state index contributed by atoms with van der Waals surface area (Å²) in [6.07, 6.45) is 4.03. The van der Waals surface area contributed by atoms with Gasteiger partial charge in [0.1, 0.15) is 5.54 Å². The highest BCUT2D eigenvalue weighted by Crippen LogP contribution is 2.53. The van der Waals surface area contributed by atoms with Crippen LogP contribution in [0.15, 0.2) is 35.7 Å². The highest BCUT2D eigenvalue weighted by atomic mass is 32.2. The largest absolute Gasteiger partial charge is 0.399 e. The van der Waals surface area contributed by atoms with Crippen LogP contribution in [0.1, 0.15) is 12.6 Å². The van der Waals surface area contributed by atoms with Crippen LogP contribution in [0.5, 0.6) is 0 Å². The number of thioether (sulfide) groups is 1. The van der Waals surface area contributed by atoms with Crippen molar-refractivity contribution in [3.63, 3.8) is 0 Å². The van der Waals surface area contributed by atoms with E-state index in [9.17, 15) is 4.39 Å². The summed E-state index contributed by atoms with van der Waals surface area (Å²) in [6.45, 7) is 3.33. The van der Waals surface area contributed by atoms with Crippen LogP contribution in [0, 0.1) is 11.2 Å². The van der Waals surface area contributed by atoms with Crippen LogP contribution in [-0.2, 0) is 5.54 Å². The molecule has 1 fully saturated rings. The minimum absolute atomic E-state index is 0.237. The molecule has 0 radical (unpaired) electrons. The first-order chi connectivity index (χ1) is 11.9. The highest BCUT2D eigenvalue weighted by molar-refractivity contribution is 8.13. The number of nitrogens with zero attached hydrogens (tertiary/aromatic N) is 5. The first-order valence-corrected chi connectivity index (χ1v) is 8.83. The second kappa shape index (κ2) is 5.55. The van der Waals surface area contributed by atoms with Crippen LogP contribution < -0.4 is 16.4 Å². The number of nitrogens with two attached hydrogens (primary N) is 2. The van der Waals surface area contributed by atoms with E-state index in [0.717, 1.165) is 11.4 Å². The van der Waals surface area contributed by atoms with E-state index in [4.69, 9.17) is 16.5 Å². The van der Waals surface area contributed by atoms with Gasteiger partial charge >= 0.3 is 0 Å². The fraction of sp³-hybridized carbons (Fsp3) is 0.375. The van der Waals surface area contributed by atoms with Gasteiger partial charge in [-0.05, 0) is 12.1 Å². The molecule has 1 saturated heterocycles. The van der Waals surface area contributed by atoms with Gasteiger partial charge in [-0.3, -0.25) is 4.98 Å². The van der Waals surface area contributed by atoms with Gasteiger partial charge in [0, 0.05) is 29.6 Å². The molecule has 0 aliphatic carbocycles. The lowest BCUT2D eigenvalue weighted by Gasteiger charge is -2.41. The van der Waals surface area contributed by atoms with Crippen LogP contribution in [0.25, 0.3) is 0 Å². The number of fused-ring (bicyclic) bond motifs is 1. The summed E-state index contributed by atoms with van der Waals surface area (Å²) in [4.78, 5) is 19.6. The first-order valence-electron chi connectivity index (χ1n) is 7.85. The van der Waals surface area contributed by atoms with Gasteiger partial charge in [0.25, 0.3) is 0 Å². The third-order valence-corrected chi connectivity index (χ3v) is 6.06. The summed E-state index contributed by atoms with van der Waals surface area (Å²) in [7, 11) is 0. The maximum absolute atomic E-state index is 13.2. The van der Waals surface area contributed by atoms with Gasteiger partial charge in [0.05, 0.1) is 24.6 Å². The number of amidine groups is 1. The quantitative estimate of drug-likeness (QED) is 0.834. The molecule has 4 heterocycles. The first kappa shape index (κ1) is 16.1. The normalized spacial score (nSPS) is 28.6. The maximum Gasteiger partial charge on any atom is 0.225 e. The molecule has 2 unspecified atom stereocenters. The van der Waals surface area contributed by atoms with Gasteiger partial charge in [-0.1, -0.05) is 18.7 Å². The number of hydrogen-bond donors (Lipinski definition) is 2. The van der Waals surface area contributed by atoms with Gasteiger partial charge in [-0.25, -0.2) is 19.4 Å². The monoisotopic (exact) mass is 359 g/mol. The van der Waals surface area contributed by atoms with Crippen molar-refractivity contribution in [2.45, 2.75) is 12.5 Å². The second-order valence-electron chi connectivity index (χ2n) is 6.69. The van der Waals surface area contributed by atoms with E-state index < -0.39 is 11.4 Å². The topological polar surface area (TPSA) is 106 Å². The molecule has 2 aliphatic heterocycles. The summed E-state index contributed by atoms with van der Waals surface area (Å²) >= 11 is 1.53. The molecular weight excluding hydrogens is 341 g/mol. The van der Waals surface area contributed by atoms with Gasteiger partial charge in [0.2, 0.25) is 5.95 Å². The Morgan fingerprint density at radius 1 is 1.20 bits per heavy atom. The standard InChI is InChI=1S/C16H18FN7S/c1-15-7-24(14-21-5-10(17)6-22-14)8-16(15,23-13(19)25-9-15)12-4-11(18)2-3-20-12/h2-6H,7-9H2,1H3,(H2,18,20)(H2,19,23). The summed E-state index contributed by atoms with van der Waals surface area (Å²) in [6, 6.07) is 3.60. The highest BCUT2D eigenvalue weighted by Gasteiger charge is 2.59. The van der Waals surface area contributed by atoms with Crippen molar-refractivity contribution in [3.05, 3.63) is 42.2 Å². The second-order valence-corrected chi connectivity index (χ2v) is 7.69. The SMILES string of the molecule is CC12CSC(N)=NC1(c1cc(N)ccn1)CN(c1ncc(F)cn1)C2. The fourth-order valence-electron chi connectivity index (χ4n) is 3.59. The lowest BCUT2D eigenvalue weighted by Crippen LogP contribution is -2.48. The van der Waals surface area contributed by atoms with Crippen molar-refractivity contribution in [1.82, 2.24) is 15.0 Å². The van der Waals surface area contributed by atoms with E-state index in [1.165, 1.54) is 24.2 Å². The smallest absolute Gasteiger partial charge is 0.225 e. The number of hydrogen-bond acceptors (Lipinski definition) is 8. The molecule has 25 heavy (non-hydrogen) atoms. The molecule has 130 valence electrons. The van der Waals surface area contributed by atoms with Crippen LogP contribution in [0.4, 0.5) is 16.0 Å². The van der Waals surface area contributed by atoms with Gasteiger partial charge in [-0.15, -0.1) is 0 Å². The van der Waals surface area contributed by atoms with Crippen molar-refractivity contribution in [2.75, 3.05) is 29.5 Å². The maximum atomic E-state index is 13.2. The minimum atomic E-state index is -0.643. The average molecular weight is 359 g/mol. The molecule has 9 heteroatoms. The van der Waals surface area contributed by atoms with Crippen LogP contribution >= 0.6 is 11.8 Å². The van der Waals surface area contributed by atoms with Gasteiger partial charge < -0.3 is 16.4 Å². The number of rotatable bonds is 2. The Labute approximate surface area is 148 Å². The Bertz CT molecular complexity index is 843. The molecule has 7 nitrogen and oxygen atoms in total. The van der Waals surface area contributed by atoms with E-state index in [1.54, 1.807) is 12.3 Å². The Morgan fingerprint density at radius 2 is 1.96 bits per heavy atom. The van der Waals surface area contributed by atoms with E-state index in [1.807, 2.05) is 11.0 Å². The third kappa shape index (κ3) is 2.50. The molecule has 2 atom stereocenters. The van der Waals surface area contributed by atoms with Crippen molar-refractivity contribution < 1.29 is 4.39 Å². The predicted molar refractivity (Wildman–Crippen MR) is 96.7 cm³/mol. The average Bonchev–Trinajstić information content (AvgIpc) is 2.89.